The molecule has 2 heterocycles. The van der Waals surface area contributed by atoms with Gasteiger partial charge in [-0.3, -0.25) is 4.68 Å². The number of nitrogens with one attached hydrogen (secondary N) is 1. The number of amides is 2. The van der Waals surface area contributed by atoms with Crippen molar-refractivity contribution < 1.29 is 4.79 Å². The summed E-state index contributed by atoms with van der Waals surface area (Å²) in [5, 5.41) is 7.19. The summed E-state index contributed by atoms with van der Waals surface area (Å²) in [6.45, 7) is 2.33. The number of nitrogens with zero attached hydrogens (tertiary/aromatic N) is 4. The van der Waals surface area contributed by atoms with Gasteiger partial charge in [0.1, 0.15) is 0 Å². The van der Waals surface area contributed by atoms with Crippen molar-refractivity contribution in [2.24, 2.45) is 7.05 Å². The van der Waals surface area contributed by atoms with E-state index in [-0.39, 0.29) is 6.03 Å². The molecule has 20 heavy (non-hydrogen) atoms. The highest BCUT2D eigenvalue weighted by Crippen LogP contribution is 2.16. The van der Waals surface area contributed by atoms with E-state index in [4.69, 9.17) is 0 Å². The quantitative estimate of drug-likeness (QED) is 0.899. The fourth-order valence-electron chi connectivity index (χ4n) is 2.53. The maximum absolute atomic E-state index is 12.1. The lowest BCUT2D eigenvalue weighted by Gasteiger charge is -2.25. The molecule has 6 nitrogen and oxygen atoms in total. The Morgan fingerprint density at radius 2 is 2.35 bits per heavy atom. The van der Waals surface area contributed by atoms with E-state index in [1.807, 2.05) is 20.3 Å². The number of carbonyl (C=O) groups excluding carboxylic acids is 1. The molecule has 112 valence electrons. The Bertz CT molecular complexity index is 475. The zero-order valence-electron chi connectivity index (χ0n) is 12.3. The summed E-state index contributed by atoms with van der Waals surface area (Å²) < 4.78 is 2.64. The molecule has 2 amide bonds. The zero-order chi connectivity index (χ0) is 14.7. The van der Waals surface area contributed by atoms with E-state index in [2.05, 4.69) is 38.3 Å². The van der Waals surface area contributed by atoms with Crippen molar-refractivity contribution in [2.75, 3.05) is 27.2 Å². The average molecular weight is 344 g/mol. The number of rotatable bonds is 4. The molecule has 0 aliphatic carbocycles. The lowest BCUT2D eigenvalue weighted by Crippen LogP contribution is -2.43. The summed E-state index contributed by atoms with van der Waals surface area (Å²) >= 11 is 3.43. The molecule has 0 saturated carbocycles. The summed E-state index contributed by atoms with van der Waals surface area (Å²) in [6.07, 6.45) is 4.26. The number of aromatic nitrogens is 2. The normalized spacial score (nSPS) is 19.3. The van der Waals surface area contributed by atoms with Crippen LogP contribution in [-0.4, -0.2) is 58.8 Å². The van der Waals surface area contributed by atoms with E-state index < -0.39 is 0 Å². The van der Waals surface area contributed by atoms with Crippen LogP contribution in [0.5, 0.6) is 0 Å². The van der Waals surface area contributed by atoms with Crippen LogP contribution in [0.3, 0.4) is 0 Å². The highest BCUT2D eigenvalue weighted by Gasteiger charge is 2.23. The SMILES string of the molecule is CN(CC1CCCN1C)C(=O)NCc1nn(C)cc1Br. The maximum atomic E-state index is 12.1. The monoisotopic (exact) mass is 343 g/mol. The zero-order valence-corrected chi connectivity index (χ0v) is 13.9. The summed E-state index contributed by atoms with van der Waals surface area (Å²) in [7, 11) is 5.82. The predicted molar refractivity (Wildman–Crippen MR) is 81.4 cm³/mol. The Morgan fingerprint density at radius 3 is 2.90 bits per heavy atom. The second-order valence-corrected chi connectivity index (χ2v) is 6.27. The van der Waals surface area contributed by atoms with E-state index in [9.17, 15) is 4.79 Å². The Morgan fingerprint density at radius 1 is 1.60 bits per heavy atom. The van der Waals surface area contributed by atoms with Crippen LogP contribution in [0, 0.1) is 0 Å². The molecule has 1 aliphatic rings. The van der Waals surface area contributed by atoms with E-state index in [1.54, 1.807) is 9.58 Å². The van der Waals surface area contributed by atoms with Crippen molar-refractivity contribution in [1.82, 2.24) is 24.9 Å². The van der Waals surface area contributed by atoms with Crippen molar-refractivity contribution in [3.8, 4) is 0 Å². The van der Waals surface area contributed by atoms with Crippen LogP contribution in [0.4, 0.5) is 4.79 Å². The first kappa shape index (κ1) is 15.3. The molecule has 1 fully saturated rings. The number of carbonyl (C=O) groups is 1. The highest BCUT2D eigenvalue weighted by atomic mass is 79.9. The van der Waals surface area contributed by atoms with Gasteiger partial charge in [0.2, 0.25) is 0 Å². The van der Waals surface area contributed by atoms with Gasteiger partial charge in [-0.2, -0.15) is 5.10 Å². The number of hydrogen-bond donors (Lipinski definition) is 1. The minimum atomic E-state index is -0.0529. The summed E-state index contributed by atoms with van der Waals surface area (Å²) in [4.78, 5) is 16.1. The van der Waals surface area contributed by atoms with Gasteiger partial charge < -0.3 is 15.1 Å². The second kappa shape index (κ2) is 6.58. The molecular formula is C13H22BrN5O. The molecule has 1 aromatic heterocycles. The first-order chi connectivity index (χ1) is 9.47. The van der Waals surface area contributed by atoms with Crippen LogP contribution in [0.1, 0.15) is 18.5 Å². The summed E-state index contributed by atoms with van der Waals surface area (Å²) in [5.41, 5.74) is 0.840. The van der Waals surface area contributed by atoms with E-state index in [0.717, 1.165) is 23.3 Å². The lowest BCUT2D eigenvalue weighted by atomic mass is 10.2. The number of aryl methyl sites for hydroxylation is 1. The van der Waals surface area contributed by atoms with E-state index >= 15 is 0 Å². The number of halogens is 1. The minimum Gasteiger partial charge on any atom is -0.332 e. The van der Waals surface area contributed by atoms with E-state index in [0.29, 0.717) is 12.6 Å². The molecule has 1 N–H and O–H groups in total. The number of hydrogen-bond acceptors (Lipinski definition) is 3. The smallest absolute Gasteiger partial charge is 0.317 e. The van der Waals surface area contributed by atoms with Crippen LogP contribution in [0.25, 0.3) is 0 Å². The molecule has 1 saturated heterocycles. The van der Waals surface area contributed by atoms with Gasteiger partial charge in [-0.15, -0.1) is 0 Å². The third kappa shape index (κ3) is 3.73. The largest absolute Gasteiger partial charge is 0.332 e. The van der Waals surface area contributed by atoms with Gasteiger partial charge in [0.15, 0.2) is 0 Å². The predicted octanol–water partition coefficient (Wildman–Crippen LogP) is 1.42. The van der Waals surface area contributed by atoms with Crippen LogP contribution in [0.2, 0.25) is 0 Å². The average Bonchev–Trinajstić information content (AvgIpc) is 2.93. The number of likely N-dealkylation sites (tertiary alicyclic amines) is 1. The van der Waals surface area contributed by atoms with Crippen molar-refractivity contribution >= 4 is 22.0 Å². The Kier molecular flexibility index (Phi) is 5.04. The second-order valence-electron chi connectivity index (χ2n) is 5.41. The topological polar surface area (TPSA) is 53.4 Å². The first-order valence-corrected chi connectivity index (χ1v) is 7.64. The van der Waals surface area contributed by atoms with Gasteiger partial charge in [-0.25, -0.2) is 4.79 Å². The van der Waals surface area contributed by atoms with Gasteiger partial charge in [-0.05, 0) is 42.4 Å². The van der Waals surface area contributed by atoms with Gasteiger partial charge in [0.05, 0.1) is 16.7 Å². The first-order valence-electron chi connectivity index (χ1n) is 6.84. The van der Waals surface area contributed by atoms with Crippen LogP contribution in [0.15, 0.2) is 10.7 Å². The molecule has 1 aliphatic heterocycles. The van der Waals surface area contributed by atoms with Crippen LogP contribution >= 0.6 is 15.9 Å². The van der Waals surface area contributed by atoms with Gasteiger partial charge >= 0.3 is 6.03 Å². The number of likely N-dealkylation sites (N-methyl/N-ethyl adjacent to an activating group) is 2. The molecule has 1 atom stereocenters. The van der Waals surface area contributed by atoms with Crippen molar-refractivity contribution in [3.63, 3.8) is 0 Å². The minimum absolute atomic E-state index is 0.0529. The molecular weight excluding hydrogens is 322 g/mol. The van der Waals surface area contributed by atoms with Gasteiger partial charge in [-0.1, -0.05) is 0 Å². The Hall–Kier alpha value is -1.08. The maximum Gasteiger partial charge on any atom is 0.317 e. The standard InChI is InChI=1S/C13H22BrN5O/c1-17-6-4-5-10(17)8-18(2)13(20)15-7-12-11(14)9-19(3)16-12/h9-10H,4-8H2,1-3H3,(H,15,20). The number of urea groups is 1. The van der Waals surface area contributed by atoms with Crippen LogP contribution in [-0.2, 0) is 13.6 Å². The fraction of sp³-hybridized carbons (Fsp3) is 0.692. The Labute approximate surface area is 128 Å². The lowest BCUT2D eigenvalue weighted by molar-refractivity contribution is 0.189. The molecule has 0 bridgehead atoms. The molecule has 0 spiro atoms. The molecule has 2 rings (SSSR count). The van der Waals surface area contributed by atoms with Gasteiger partial charge in [0, 0.05) is 32.9 Å². The molecule has 0 aromatic carbocycles. The Balaban J connectivity index is 1.80. The highest BCUT2D eigenvalue weighted by molar-refractivity contribution is 9.10. The van der Waals surface area contributed by atoms with Crippen molar-refractivity contribution in [3.05, 3.63) is 16.4 Å². The van der Waals surface area contributed by atoms with Crippen molar-refractivity contribution in [1.29, 1.82) is 0 Å². The van der Waals surface area contributed by atoms with E-state index in [1.165, 1.54) is 12.8 Å². The van der Waals surface area contributed by atoms with Gasteiger partial charge in [0.25, 0.3) is 0 Å². The molecule has 1 aromatic rings. The summed E-state index contributed by atoms with van der Waals surface area (Å²) in [5.74, 6) is 0. The third-order valence-corrected chi connectivity index (χ3v) is 4.43. The molecule has 0 radical (unpaired) electrons. The van der Waals surface area contributed by atoms with Crippen LogP contribution < -0.4 is 5.32 Å². The fourth-order valence-corrected chi connectivity index (χ4v) is 3.04. The molecule has 7 heteroatoms. The van der Waals surface area contributed by atoms with Crippen molar-refractivity contribution in [2.45, 2.75) is 25.4 Å². The summed E-state index contributed by atoms with van der Waals surface area (Å²) in [6, 6.07) is 0.426. The molecule has 1 unspecified atom stereocenters. The third-order valence-electron chi connectivity index (χ3n) is 3.76.